The molecule has 0 N–H and O–H groups in total. The summed E-state index contributed by atoms with van der Waals surface area (Å²) in [6.07, 6.45) is 8.08. The standard InChI is InChI=1S/C22H22N2O/c1-2-6-18-17(4-1)5-3-7-19(18)20-23-24-21(25-20)22-11-14-8-15(12-22)10-16(9-14)13-22/h1-7,14-16H,8-13H2. The quantitative estimate of drug-likeness (QED) is 0.635. The number of nitrogens with zero attached hydrogens (tertiary/aromatic N) is 2. The predicted octanol–water partition coefficient (Wildman–Crippen LogP) is 5.36. The monoisotopic (exact) mass is 330 g/mol. The normalized spacial score (nSPS) is 33.2. The molecular formula is C22H22N2O. The van der Waals surface area contributed by atoms with Gasteiger partial charge in [-0.15, -0.1) is 10.2 Å². The van der Waals surface area contributed by atoms with Gasteiger partial charge in [-0.25, -0.2) is 0 Å². The summed E-state index contributed by atoms with van der Waals surface area (Å²) in [4.78, 5) is 0. The van der Waals surface area contributed by atoms with Crippen molar-refractivity contribution in [2.75, 3.05) is 0 Å². The molecule has 0 unspecified atom stereocenters. The minimum Gasteiger partial charge on any atom is -0.420 e. The first kappa shape index (κ1) is 14.1. The number of aromatic nitrogens is 2. The summed E-state index contributed by atoms with van der Waals surface area (Å²) in [5, 5.41) is 11.5. The molecule has 0 saturated heterocycles. The predicted molar refractivity (Wildman–Crippen MR) is 97.1 cm³/mol. The van der Waals surface area contributed by atoms with Crippen molar-refractivity contribution in [3.05, 3.63) is 48.4 Å². The first-order valence-electron chi connectivity index (χ1n) is 9.61. The van der Waals surface area contributed by atoms with Gasteiger partial charge in [0, 0.05) is 11.0 Å². The number of rotatable bonds is 2. The van der Waals surface area contributed by atoms with E-state index in [0.717, 1.165) is 29.2 Å². The van der Waals surface area contributed by atoms with E-state index >= 15 is 0 Å². The SMILES string of the molecule is c1ccc2c(-c3nnc(C45CC6CC(CC(C6)C4)C5)o3)cccc2c1. The third-order valence-electron chi connectivity index (χ3n) is 6.94. The first-order chi connectivity index (χ1) is 12.3. The average Bonchev–Trinajstić information content (AvgIpc) is 3.11. The maximum atomic E-state index is 6.34. The minimum atomic E-state index is 0.171. The van der Waals surface area contributed by atoms with E-state index in [1.165, 1.54) is 49.3 Å². The molecule has 0 atom stereocenters. The largest absolute Gasteiger partial charge is 0.420 e. The van der Waals surface area contributed by atoms with Gasteiger partial charge in [0.2, 0.25) is 11.8 Å². The second-order valence-electron chi connectivity index (χ2n) is 8.64. The second-order valence-corrected chi connectivity index (χ2v) is 8.64. The summed E-state index contributed by atoms with van der Waals surface area (Å²) < 4.78 is 6.34. The highest BCUT2D eigenvalue weighted by molar-refractivity contribution is 5.94. The van der Waals surface area contributed by atoms with E-state index in [4.69, 9.17) is 4.42 Å². The number of hydrogen-bond donors (Lipinski definition) is 0. The molecule has 126 valence electrons. The molecule has 4 fully saturated rings. The van der Waals surface area contributed by atoms with Gasteiger partial charge in [0.1, 0.15) is 0 Å². The molecule has 7 rings (SSSR count). The summed E-state index contributed by atoms with van der Waals surface area (Å²) >= 11 is 0. The molecule has 4 saturated carbocycles. The van der Waals surface area contributed by atoms with Crippen LogP contribution in [-0.2, 0) is 5.41 Å². The molecule has 0 radical (unpaired) electrons. The highest BCUT2D eigenvalue weighted by Gasteiger charge is 2.54. The molecule has 3 nitrogen and oxygen atoms in total. The molecule has 1 aromatic heterocycles. The van der Waals surface area contributed by atoms with Crippen LogP contribution in [0.2, 0.25) is 0 Å². The third kappa shape index (κ3) is 2.04. The van der Waals surface area contributed by atoms with Gasteiger partial charge in [-0.3, -0.25) is 0 Å². The summed E-state index contributed by atoms with van der Waals surface area (Å²) in [5.41, 5.74) is 1.23. The highest BCUT2D eigenvalue weighted by Crippen LogP contribution is 2.60. The van der Waals surface area contributed by atoms with Gasteiger partial charge in [0.15, 0.2) is 0 Å². The molecule has 3 aromatic rings. The van der Waals surface area contributed by atoms with Crippen molar-refractivity contribution in [3.8, 4) is 11.5 Å². The molecule has 0 spiro atoms. The molecule has 3 heteroatoms. The Morgan fingerprint density at radius 2 is 1.48 bits per heavy atom. The Balaban J connectivity index is 1.44. The van der Waals surface area contributed by atoms with E-state index in [2.05, 4.69) is 52.7 Å². The van der Waals surface area contributed by atoms with Gasteiger partial charge in [-0.1, -0.05) is 36.4 Å². The first-order valence-corrected chi connectivity index (χ1v) is 9.61. The zero-order chi connectivity index (χ0) is 16.4. The molecule has 25 heavy (non-hydrogen) atoms. The van der Waals surface area contributed by atoms with Crippen LogP contribution >= 0.6 is 0 Å². The van der Waals surface area contributed by atoms with Crippen molar-refractivity contribution < 1.29 is 4.42 Å². The van der Waals surface area contributed by atoms with E-state index in [-0.39, 0.29) is 5.41 Å². The summed E-state index contributed by atoms with van der Waals surface area (Å²) in [5.74, 6) is 4.26. The van der Waals surface area contributed by atoms with Crippen molar-refractivity contribution in [1.82, 2.24) is 10.2 Å². The second kappa shape index (κ2) is 4.94. The molecule has 4 bridgehead atoms. The number of benzene rings is 2. The lowest BCUT2D eigenvalue weighted by atomic mass is 9.49. The Kier molecular flexibility index (Phi) is 2.77. The summed E-state index contributed by atoms with van der Waals surface area (Å²) in [6.45, 7) is 0. The zero-order valence-electron chi connectivity index (χ0n) is 14.3. The van der Waals surface area contributed by atoms with Crippen LogP contribution in [0.5, 0.6) is 0 Å². The van der Waals surface area contributed by atoms with Gasteiger partial charge in [0.25, 0.3) is 0 Å². The molecule has 1 heterocycles. The lowest BCUT2D eigenvalue weighted by Gasteiger charge is -2.55. The zero-order valence-corrected chi connectivity index (χ0v) is 14.3. The topological polar surface area (TPSA) is 38.9 Å². The Morgan fingerprint density at radius 1 is 0.800 bits per heavy atom. The smallest absolute Gasteiger partial charge is 0.248 e. The van der Waals surface area contributed by atoms with Gasteiger partial charge in [-0.05, 0) is 73.1 Å². The maximum absolute atomic E-state index is 6.34. The van der Waals surface area contributed by atoms with Gasteiger partial charge in [0.05, 0.1) is 0 Å². The van der Waals surface area contributed by atoms with Crippen LogP contribution < -0.4 is 0 Å². The summed E-state index contributed by atoms with van der Waals surface area (Å²) in [6, 6.07) is 14.7. The van der Waals surface area contributed by atoms with Crippen molar-refractivity contribution in [2.24, 2.45) is 17.8 Å². The lowest BCUT2D eigenvalue weighted by molar-refractivity contribution is -0.0176. The Bertz CT molecular complexity index is 917. The van der Waals surface area contributed by atoms with E-state index in [0.29, 0.717) is 5.89 Å². The van der Waals surface area contributed by atoms with E-state index < -0.39 is 0 Å². The average molecular weight is 330 g/mol. The fourth-order valence-corrected chi connectivity index (χ4v) is 6.33. The maximum Gasteiger partial charge on any atom is 0.248 e. The summed E-state index contributed by atoms with van der Waals surface area (Å²) in [7, 11) is 0. The molecule has 0 amide bonds. The lowest BCUT2D eigenvalue weighted by Crippen LogP contribution is -2.48. The number of hydrogen-bond acceptors (Lipinski definition) is 3. The Morgan fingerprint density at radius 3 is 2.24 bits per heavy atom. The van der Waals surface area contributed by atoms with Gasteiger partial charge in [-0.2, -0.15) is 0 Å². The molecule has 4 aliphatic rings. The third-order valence-corrected chi connectivity index (χ3v) is 6.94. The van der Waals surface area contributed by atoms with E-state index in [1.807, 2.05) is 0 Å². The van der Waals surface area contributed by atoms with Crippen LogP contribution in [0, 0.1) is 17.8 Å². The van der Waals surface area contributed by atoms with Crippen LogP contribution in [0.4, 0.5) is 0 Å². The molecular weight excluding hydrogens is 308 g/mol. The van der Waals surface area contributed by atoms with E-state index in [1.54, 1.807) is 0 Å². The van der Waals surface area contributed by atoms with Gasteiger partial charge < -0.3 is 4.42 Å². The van der Waals surface area contributed by atoms with Gasteiger partial charge >= 0.3 is 0 Å². The molecule has 2 aromatic carbocycles. The Hall–Kier alpha value is -2.16. The van der Waals surface area contributed by atoms with Crippen molar-refractivity contribution in [3.63, 3.8) is 0 Å². The van der Waals surface area contributed by atoms with Crippen LogP contribution in [0.3, 0.4) is 0 Å². The van der Waals surface area contributed by atoms with Crippen molar-refractivity contribution in [2.45, 2.75) is 43.9 Å². The van der Waals surface area contributed by atoms with Crippen LogP contribution in [-0.4, -0.2) is 10.2 Å². The van der Waals surface area contributed by atoms with Crippen molar-refractivity contribution in [1.29, 1.82) is 0 Å². The molecule has 0 aliphatic heterocycles. The molecule has 4 aliphatic carbocycles. The van der Waals surface area contributed by atoms with Crippen LogP contribution in [0.15, 0.2) is 46.9 Å². The minimum absolute atomic E-state index is 0.171. The highest BCUT2D eigenvalue weighted by atomic mass is 16.4. The number of fused-ring (bicyclic) bond motifs is 1. The van der Waals surface area contributed by atoms with Crippen LogP contribution in [0.1, 0.15) is 44.4 Å². The fraction of sp³-hybridized carbons (Fsp3) is 0.455. The van der Waals surface area contributed by atoms with Crippen LogP contribution in [0.25, 0.3) is 22.2 Å². The fourth-order valence-electron chi connectivity index (χ4n) is 6.33. The Labute approximate surface area is 147 Å². The van der Waals surface area contributed by atoms with E-state index in [9.17, 15) is 0 Å². The van der Waals surface area contributed by atoms with Crippen molar-refractivity contribution >= 4 is 10.8 Å².